The number of hydrogen-bond acceptors (Lipinski definition) is 5. The quantitative estimate of drug-likeness (QED) is 0.736. The van der Waals surface area contributed by atoms with Crippen molar-refractivity contribution >= 4 is 6.29 Å². The van der Waals surface area contributed by atoms with E-state index in [0.29, 0.717) is 17.6 Å². The summed E-state index contributed by atoms with van der Waals surface area (Å²) in [5.41, 5.74) is -0.431. The van der Waals surface area contributed by atoms with Gasteiger partial charge in [0.05, 0.1) is 23.9 Å². The lowest BCUT2D eigenvalue weighted by molar-refractivity contribution is -0.108. The second-order valence-corrected chi connectivity index (χ2v) is 3.42. The van der Waals surface area contributed by atoms with Crippen molar-refractivity contribution in [3.05, 3.63) is 39.0 Å². The van der Waals surface area contributed by atoms with Crippen LogP contribution in [0.1, 0.15) is 5.76 Å². The topological polar surface area (TPSA) is 98.0 Å². The summed E-state index contributed by atoms with van der Waals surface area (Å²) in [5.74, 6) is 0.465. The molecule has 0 aliphatic heterocycles. The number of aryl methyl sites for hydroxylation is 1. The third-order valence-electron chi connectivity index (χ3n) is 2.32. The molecule has 17 heavy (non-hydrogen) atoms. The molecule has 0 saturated carbocycles. The summed E-state index contributed by atoms with van der Waals surface area (Å²) in [5, 5.41) is 3.55. The Hall–Kier alpha value is -2.44. The molecule has 2 rings (SSSR count). The fourth-order valence-electron chi connectivity index (χ4n) is 1.47. The van der Waals surface area contributed by atoms with Gasteiger partial charge in [0.25, 0.3) is 5.56 Å². The first-order chi connectivity index (χ1) is 8.13. The second-order valence-electron chi connectivity index (χ2n) is 3.42. The van der Waals surface area contributed by atoms with Crippen molar-refractivity contribution in [1.82, 2.24) is 14.7 Å². The third-order valence-corrected chi connectivity index (χ3v) is 2.32. The van der Waals surface area contributed by atoms with E-state index in [1.54, 1.807) is 6.92 Å². The molecule has 2 aromatic heterocycles. The van der Waals surface area contributed by atoms with Gasteiger partial charge in [0.15, 0.2) is 0 Å². The van der Waals surface area contributed by atoms with Crippen LogP contribution >= 0.6 is 0 Å². The predicted octanol–water partition coefficient (Wildman–Crippen LogP) is -0.301. The van der Waals surface area contributed by atoms with E-state index in [2.05, 4.69) is 10.1 Å². The fourth-order valence-corrected chi connectivity index (χ4v) is 1.47. The number of hydrogen-bond donors (Lipinski definition) is 1. The van der Waals surface area contributed by atoms with Crippen molar-refractivity contribution in [3.8, 4) is 11.1 Å². The van der Waals surface area contributed by atoms with Crippen molar-refractivity contribution in [2.75, 3.05) is 0 Å². The number of aldehydes is 1. The van der Waals surface area contributed by atoms with Gasteiger partial charge >= 0.3 is 5.69 Å². The molecule has 2 heterocycles. The molecule has 1 N–H and O–H groups in total. The Labute approximate surface area is 94.7 Å². The third kappa shape index (κ3) is 1.94. The smallest absolute Gasteiger partial charge is 0.328 e. The van der Waals surface area contributed by atoms with Gasteiger partial charge in [-0.15, -0.1) is 0 Å². The van der Waals surface area contributed by atoms with Crippen LogP contribution in [0.3, 0.4) is 0 Å². The van der Waals surface area contributed by atoms with Gasteiger partial charge in [-0.3, -0.25) is 14.3 Å². The molecule has 0 radical (unpaired) electrons. The van der Waals surface area contributed by atoms with Gasteiger partial charge < -0.3 is 9.32 Å². The van der Waals surface area contributed by atoms with Crippen molar-refractivity contribution < 1.29 is 9.32 Å². The maximum absolute atomic E-state index is 11.6. The van der Waals surface area contributed by atoms with Crippen molar-refractivity contribution in [2.45, 2.75) is 13.5 Å². The number of rotatable bonds is 3. The summed E-state index contributed by atoms with van der Waals surface area (Å²) in [7, 11) is 0. The lowest BCUT2D eigenvalue weighted by Gasteiger charge is -2.02. The van der Waals surface area contributed by atoms with Gasteiger partial charge in [-0.25, -0.2) is 4.79 Å². The molecular formula is C10H9N3O4. The van der Waals surface area contributed by atoms with Crippen molar-refractivity contribution in [3.63, 3.8) is 0 Å². The first-order valence-corrected chi connectivity index (χ1v) is 4.82. The highest BCUT2D eigenvalue weighted by Gasteiger charge is 2.12. The van der Waals surface area contributed by atoms with Gasteiger partial charge in [0.1, 0.15) is 12.0 Å². The maximum Gasteiger partial charge on any atom is 0.328 e. The molecule has 0 atom stereocenters. The van der Waals surface area contributed by atoms with Gasteiger partial charge in [-0.2, -0.15) is 0 Å². The number of carbonyl (C=O) groups excluding carboxylic acids is 1. The minimum Gasteiger partial charge on any atom is -0.361 e. The molecule has 0 aliphatic carbocycles. The summed E-state index contributed by atoms with van der Waals surface area (Å²) in [4.78, 5) is 35.5. The summed E-state index contributed by atoms with van der Waals surface area (Å²) in [6.07, 6.45) is 3.27. The highest BCUT2D eigenvalue weighted by Crippen LogP contribution is 2.17. The molecule has 0 fully saturated rings. The van der Waals surface area contributed by atoms with E-state index in [1.807, 2.05) is 0 Å². The largest absolute Gasteiger partial charge is 0.361 e. The molecule has 2 aromatic rings. The Kier molecular flexibility index (Phi) is 2.73. The molecule has 7 heteroatoms. The molecular weight excluding hydrogens is 226 g/mol. The molecule has 0 bridgehead atoms. The number of nitrogens with zero attached hydrogens (tertiary/aromatic N) is 2. The zero-order chi connectivity index (χ0) is 12.4. The van der Waals surface area contributed by atoms with E-state index in [9.17, 15) is 14.4 Å². The number of nitrogens with one attached hydrogen (secondary N) is 1. The highest BCUT2D eigenvalue weighted by molar-refractivity contribution is 5.62. The molecule has 88 valence electrons. The van der Waals surface area contributed by atoms with E-state index in [0.717, 1.165) is 4.57 Å². The summed E-state index contributed by atoms with van der Waals surface area (Å²) in [6, 6.07) is 0. The van der Waals surface area contributed by atoms with Crippen LogP contribution in [-0.4, -0.2) is 21.0 Å². The van der Waals surface area contributed by atoms with Crippen LogP contribution in [0.4, 0.5) is 0 Å². The normalized spacial score (nSPS) is 10.4. The number of carbonyl (C=O) groups is 1. The fraction of sp³-hybridized carbons (Fsp3) is 0.200. The van der Waals surface area contributed by atoms with Crippen molar-refractivity contribution in [1.29, 1.82) is 0 Å². The predicted molar refractivity (Wildman–Crippen MR) is 57.6 cm³/mol. The van der Waals surface area contributed by atoms with Gasteiger partial charge in [-0.05, 0) is 6.92 Å². The standard InChI is InChI=1S/C10H9N3O4/c1-6-7(4-11-17-6)8-5-13(2-3-14)10(16)12-9(8)15/h3-5H,2H2,1H3,(H,12,15,16). The Morgan fingerprint density at radius 1 is 1.47 bits per heavy atom. The monoisotopic (exact) mass is 235 g/mol. The molecule has 0 amide bonds. The molecule has 7 nitrogen and oxygen atoms in total. The van der Waals surface area contributed by atoms with Gasteiger partial charge in [0.2, 0.25) is 0 Å². The maximum atomic E-state index is 11.6. The highest BCUT2D eigenvalue weighted by atomic mass is 16.5. The van der Waals surface area contributed by atoms with Crippen LogP contribution in [0, 0.1) is 6.92 Å². The minimum absolute atomic E-state index is 0.118. The van der Waals surface area contributed by atoms with E-state index < -0.39 is 11.2 Å². The summed E-state index contributed by atoms with van der Waals surface area (Å²) >= 11 is 0. The van der Waals surface area contributed by atoms with Crippen molar-refractivity contribution in [2.24, 2.45) is 0 Å². The van der Waals surface area contributed by atoms with E-state index in [-0.39, 0.29) is 12.1 Å². The zero-order valence-electron chi connectivity index (χ0n) is 8.97. The molecule has 0 aliphatic rings. The molecule has 0 spiro atoms. The Bertz CT molecular complexity index is 665. The number of aromatic nitrogens is 3. The second kappa shape index (κ2) is 4.20. The molecule has 0 saturated heterocycles. The first kappa shape index (κ1) is 11.1. The van der Waals surface area contributed by atoms with Crippen LogP contribution < -0.4 is 11.2 Å². The van der Waals surface area contributed by atoms with E-state index in [1.165, 1.54) is 12.4 Å². The number of H-pyrrole nitrogens is 1. The van der Waals surface area contributed by atoms with Gasteiger partial charge in [-0.1, -0.05) is 5.16 Å². The lowest BCUT2D eigenvalue weighted by atomic mass is 10.1. The first-order valence-electron chi connectivity index (χ1n) is 4.82. The Balaban J connectivity index is 2.67. The zero-order valence-corrected chi connectivity index (χ0v) is 8.97. The number of aromatic amines is 1. The SMILES string of the molecule is Cc1oncc1-c1cn(CC=O)c(=O)[nH]c1=O. The van der Waals surface area contributed by atoms with Crippen LogP contribution in [0.25, 0.3) is 11.1 Å². The van der Waals surface area contributed by atoms with Gasteiger partial charge in [0, 0.05) is 6.20 Å². The van der Waals surface area contributed by atoms with E-state index >= 15 is 0 Å². The minimum atomic E-state index is -0.625. The Morgan fingerprint density at radius 2 is 2.24 bits per heavy atom. The van der Waals surface area contributed by atoms with Crippen LogP contribution in [0.15, 0.2) is 26.5 Å². The van der Waals surface area contributed by atoms with Crippen LogP contribution in [-0.2, 0) is 11.3 Å². The summed E-state index contributed by atoms with van der Waals surface area (Å²) < 4.78 is 5.95. The van der Waals surface area contributed by atoms with Crippen LogP contribution in [0.5, 0.6) is 0 Å². The Morgan fingerprint density at radius 3 is 2.82 bits per heavy atom. The molecule has 0 unspecified atom stereocenters. The van der Waals surface area contributed by atoms with E-state index in [4.69, 9.17) is 4.52 Å². The average Bonchev–Trinajstić information content (AvgIpc) is 2.69. The van der Waals surface area contributed by atoms with Crippen LogP contribution in [0.2, 0.25) is 0 Å². The lowest BCUT2D eigenvalue weighted by Crippen LogP contribution is -2.30. The summed E-state index contributed by atoms with van der Waals surface area (Å²) in [6.45, 7) is 1.53. The average molecular weight is 235 g/mol. The molecule has 0 aromatic carbocycles.